The Labute approximate surface area is 146 Å². The molecule has 1 atom stereocenters. The van der Waals surface area contributed by atoms with E-state index in [1.54, 1.807) is 17.9 Å². The first-order valence-corrected chi connectivity index (χ1v) is 8.21. The van der Waals surface area contributed by atoms with Gasteiger partial charge in [-0.1, -0.05) is 42.5 Å². The van der Waals surface area contributed by atoms with Crippen LogP contribution in [0.15, 0.2) is 54.6 Å². The van der Waals surface area contributed by atoms with E-state index in [1.165, 1.54) is 6.92 Å². The molecule has 0 aliphatic carbocycles. The van der Waals surface area contributed by atoms with E-state index in [1.807, 2.05) is 54.6 Å². The van der Waals surface area contributed by atoms with Crippen LogP contribution in [0.1, 0.15) is 31.0 Å². The molecule has 1 aliphatic heterocycles. The van der Waals surface area contributed by atoms with Crippen molar-refractivity contribution in [3.8, 4) is 0 Å². The number of carbonyl (C=O) groups is 2. The summed E-state index contributed by atoms with van der Waals surface area (Å²) >= 11 is 0. The predicted octanol–water partition coefficient (Wildman–Crippen LogP) is 4.38. The van der Waals surface area contributed by atoms with Crippen LogP contribution in [-0.4, -0.2) is 18.6 Å². The van der Waals surface area contributed by atoms with Gasteiger partial charge in [0.25, 0.3) is 0 Å². The first-order valence-electron chi connectivity index (χ1n) is 8.21. The van der Waals surface area contributed by atoms with E-state index in [0.717, 1.165) is 16.8 Å². The quantitative estimate of drug-likeness (QED) is 0.905. The lowest BCUT2D eigenvalue weighted by Gasteiger charge is -2.33. The summed E-state index contributed by atoms with van der Waals surface area (Å²) in [6, 6.07) is 15.0. The maximum atomic E-state index is 12.6. The van der Waals surface area contributed by atoms with Crippen molar-refractivity contribution in [3.05, 3.63) is 65.7 Å². The second kappa shape index (κ2) is 7.21. The normalized spacial score (nSPS) is 15.4. The zero-order valence-electron chi connectivity index (χ0n) is 14.2. The minimum atomic E-state index is -0.394. The third kappa shape index (κ3) is 3.55. The van der Waals surface area contributed by atoms with E-state index in [-0.39, 0.29) is 11.9 Å². The number of hydrogen-bond donors (Lipinski definition) is 1. The van der Waals surface area contributed by atoms with Crippen LogP contribution in [0.25, 0.3) is 6.08 Å². The molecule has 5 nitrogen and oxygen atoms in total. The molecule has 0 spiro atoms. The Hall–Kier alpha value is -3.08. The van der Waals surface area contributed by atoms with Gasteiger partial charge in [-0.2, -0.15) is 0 Å². The van der Waals surface area contributed by atoms with Crippen LogP contribution >= 0.6 is 0 Å². The third-order valence-electron chi connectivity index (χ3n) is 3.95. The molecule has 3 rings (SSSR count). The Morgan fingerprint density at radius 3 is 2.60 bits per heavy atom. The van der Waals surface area contributed by atoms with Crippen molar-refractivity contribution in [1.29, 1.82) is 0 Å². The lowest BCUT2D eigenvalue weighted by atomic mass is 9.97. The van der Waals surface area contributed by atoms with Crippen molar-refractivity contribution in [3.63, 3.8) is 0 Å². The number of benzene rings is 2. The largest absolute Gasteiger partial charge is 0.449 e. The van der Waals surface area contributed by atoms with Gasteiger partial charge >= 0.3 is 6.09 Å². The molecule has 0 aromatic heterocycles. The number of ether oxygens (including phenoxy) is 1. The fourth-order valence-corrected chi connectivity index (χ4v) is 2.93. The van der Waals surface area contributed by atoms with E-state index in [0.29, 0.717) is 12.3 Å². The molecule has 0 fully saturated rings. The van der Waals surface area contributed by atoms with Gasteiger partial charge in [-0.25, -0.2) is 4.79 Å². The van der Waals surface area contributed by atoms with Crippen LogP contribution in [0.2, 0.25) is 0 Å². The van der Waals surface area contributed by atoms with Gasteiger partial charge in [-0.15, -0.1) is 0 Å². The van der Waals surface area contributed by atoms with Gasteiger partial charge in [0.2, 0.25) is 5.91 Å². The fourth-order valence-electron chi connectivity index (χ4n) is 2.93. The molecular weight excluding hydrogens is 316 g/mol. The highest BCUT2D eigenvalue weighted by Gasteiger charge is 2.30. The van der Waals surface area contributed by atoms with Crippen LogP contribution < -0.4 is 10.2 Å². The molecule has 0 unspecified atom stereocenters. The number of hydrogen-bond acceptors (Lipinski definition) is 3. The molecule has 2 aromatic carbocycles. The van der Waals surface area contributed by atoms with Crippen LogP contribution in [0.3, 0.4) is 0 Å². The first kappa shape index (κ1) is 16.8. The molecular formula is C20H20N2O3. The van der Waals surface area contributed by atoms with Gasteiger partial charge in [-0.3, -0.25) is 9.69 Å². The molecule has 0 radical (unpaired) electrons. The summed E-state index contributed by atoms with van der Waals surface area (Å²) in [5, 5.41) is 2.76. The van der Waals surface area contributed by atoms with Gasteiger partial charge in [0, 0.05) is 18.2 Å². The predicted molar refractivity (Wildman–Crippen MR) is 98.5 cm³/mol. The van der Waals surface area contributed by atoms with Gasteiger partial charge in [-0.05, 0) is 30.7 Å². The molecule has 1 N–H and O–H groups in total. The number of carbonyl (C=O) groups excluding carboxylic acids is 2. The van der Waals surface area contributed by atoms with Crippen molar-refractivity contribution in [2.75, 3.05) is 16.8 Å². The average Bonchev–Trinajstić information content (AvgIpc) is 2.61. The van der Waals surface area contributed by atoms with Crippen LogP contribution in [0, 0.1) is 0 Å². The molecule has 1 aliphatic rings. The lowest BCUT2D eigenvalue weighted by molar-refractivity contribution is -0.114. The van der Waals surface area contributed by atoms with E-state index >= 15 is 0 Å². The second-order valence-electron chi connectivity index (χ2n) is 5.74. The molecule has 5 heteroatoms. The summed E-state index contributed by atoms with van der Waals surface area (Å²) in [5.41, 5.74) is 3.30. The van der Waals surface area contributed by atoms with Crippen molar-refractivity contribution < 1.29 is 14.3 Å². The molecule has 1 heterocycles. The van der Waals surface area contributed by atoms with Gasteiger partial charge < -0.3 is 10.1 Å². The van der Waals surface area contributed by atoms with Gasteiger partial charge in [0.05, 0.1) is 18.3 Å². The van der Waals surface area contributed by atoms with Gasteiger partial charge in [0.1, 0.15) is 0 Å². The van der Waals surface area contributed by atoms with Crippen LogP contribution in [-0.2, 0) is 9.53 Å². The van der Waals surface area contributed by atoms with Crippen molar-refractivity contribution in [2.45, 2.75) is 19.9 Å². The Morgan fingerprint density at radius 1 is 1.16 bits per heavy atom. The monoisotopic (exact) mass is 336 g/mol. The molecule has 2 aromatic rings. The van der Waals surface area contributed by atoms with Crippen LogP contribution in [0.4, 0.5) is 16.2 Å². The summed E-state index contributed by atoms with van der Waals surface area (Å²) in [7, 11) is 0. The molecule has 2 amide bonds. The molecule has 0 saturated heterocycles. The molecule has 0 saturated carbocycles. The Bertz CT molecular complexity index is 815. The maximum absolute atomic E-state index is 12.6. The average molecular weight is 336 g/mol. The number of anilines is 2. The Balaban J connectivity index is 2.03. The SMILES string of the molecule is CCOC(=O)N1c2ccc(NC(C)=O)cc2C=C[C@@H]1c1ccccc1. The minimum absolute atomic E-state index is 0.135. The van der Waals surface area contributed by atoms with Crippen LogP contribution in [0.5, 0.6) is 0 Å². The maximum Gasteiger partial charge on any atom is 0.415 e. The molecule has 0 bridgehead atoms. The van der Waals surface area contributed by atoms with E-state index in [9.17, 15) is 9.59 Å². The topological polar surface area (TPSA) is 58.6 Å². The zero-order chi connectivity index (χ0) is 17.8. The van der Waals surface area contributed by atoms with E-state index in [2.05, 4.69) is 5.32 Å². The Morgan fingerprint density at radius 2 is 1.92 bits per heavy atom. The highest BCUT2D eigenvalue weighted by atomic mass is 16.6. The summed E-state index contributed by atoms with van der Waals surface area (Å²) in [5.74, 6) is -0.135. The molecule has 25 heavy (non-hydrogen) atoms. The zero-order valence-corrected chi connectivity index (χ0v) is 14.2. The third-order valence-corrected chi connectivity index (χ3v) is 3.95. The Kier molecular flexibility index (Phi) is 4.84. The minimum Gasteiger partial charge on any atom is -0.449 e. The standard InChI is InChI=1S/C20H20N2O3/c1-3-25-20(24)22-18(15-7-5-4-6-8-15)11-9-16-13-17(21-14(2)23)10-12-19(16)22/h4-13,18H,3H2,1-2H3,(H,21,23)/t18-/m1/s1. The number of amides is 2. The number of nitrogens with zero attached hydrogens (tertiary/aromatic N) is 1. The van der Waals surface area contributed by atoms with Crippen molar-refractivity contribution in [1.82, 2.24) is 0 Å². The number of fused-ring (bicyclic) bond motifs is 1. The smallest absolute Gasteiger partial charge is 0.415 e. The van der Waals surface area contributed by atoms with Gasteiger partial charge in [0.15, 0.2) is 0 Å². The number of nitrogens with one attached hydrogen (secondary N) is 1. The summed E-state index contributed by atoms with van der Waals surface area (Å²) in [6.45, 7) is 3.56. The second-order valence-corrected chi connectivity index (χ2v) is 5.74. The fraction of sp³-hybridized carbons (Fsp3) is 0.200. The summed E-state index contributed by atoms with van der Waals surface area (Å²) in [6.07, 6.45) is 3.54. The summed E-state index contributed by atoms with van der Waals surface area (Å²) in [4.78, 5) is 25.5. The molecule has 128 valence electrons. The van der Waals surface area contributed by atoms with Crippen molar-refractivity contribution >= 4 is 29.5 Å². The summed E-state index contributed by atoms with van der Waals surface area (Å²) < 4.78 is 5.27. The highest BCUT2D eigenvalue weighted by molar-refractivity contribution is 5.96. The lowest BCUT2D eigenvalue weighted by Crippen LogP contribution is -2.36. The number of rotatable bonds is 3. The van der Waals surface area contributed by atoms with E-state index < -0.39 is 6.09 Å². The first-order chi connectivity index (χ1) is 12.1. The van der Waals surface area contributed by atoms with Crippen molar-refractivity contribution in [2.24, 2.45) is 0 Å². The van der Waals surface area contributed by atoms with E-state index in [4.69, 9.17) is 4.74 Å². The highest BCUT2D eigenvalue weighted by Crippen LogP contribution is 2.38.